The topological polar surface area (TPSA) is 84.8 Å². The van der Waals surface area contributed by atoms with Crippen LogP contribution in [0.1, 0.15) is 28.4 Å². The normalized spacial score (nSPS) is 10.9. The van der Waals surface area contributed by atoms with Crippen LogP contribution in [0.5, 0.6) is 11.5 Å². The van der Waals surface area contributed by atoms with Gasteiger partial charge in [-0.1, -0.05) is 42.5 Å². The molecule has 0 unspecified atom stereocenters. The number of carbonyl (C=O) groups excluding carboxylic acids is 1. The Kier molecular flexibility index (Phi) is 9.78. The first-order valence-corrected chi connectivity index (χ1v) is 15.0. The molecule has 0 radical (unpaired) electrons. The minimum Gasteiger partial charge on any atom is -0.490 e. The molecule has 212 valence electrons. The van der Waals surface area contributed by atoms with E-state index >= 15 is 0 Å². The zero-order valence-electron chi connectivity index (χ0n) is 22.5. The molecule has 42 heavy (non-hydrogen) atoms. The molecule has 1 amide bonds. The van der Waals surface area contributed by atoms with E-state index in [1.54, 1.807) is 36.5 Å². The van der Waals surface area contributed by atoms with Gasteiger partial charge >= 0.3 is 0 Å². The molecule has 5 aromatic rings. The molecule has 5 rings (SSSR count). The number of nitrogens with zero attached hydrogens (tertiary/aromatic N) is 2. The van der Waals surface area contributed by atoms with Crippen LogP contribution in [-0.4, -0.2) is 23.7 Å². The summed E-state index contributed by atoms with van der Waals surface area (Å²) >= 11 is 3.68. The predicted molar refractivity (Wildman–Crippen MR) is 173 cm³/mol. The van der Waals surface area contributed by atoms with Crippen LogP contribution in [0.2, 0.25) is 0 Å². The number of benzene rings is 4. The van der Waals surface area contributed by atoms with Gasteiger partial charge in [-0.3, -0.25) is 4.79 Å². The van der Waals surface area contributed by atoms with E-state index in [0.717, 1.165) is 36.8 Å². The molecule has 0 aliphatic rings. The van der Waals surface area contributed by atoms with Crippen molar-refractivity contribution in [2.24, 2.45) is 5.10 Å². The van der Waals surface area contributed by atoms with E-state index in [0.29, 0.717) is 23.7 Å². The Morgan fingerprint density at radius 2 is 1.79 bits per heavy atom. The number of rotatable bonds is 11. The van der Waals surface area contributed by atoms with E-state index in [9.17, 15) is 9.18 Å². The van der Waals surface area contributed by atoms with E-state index in [1.807, 2.05) is 60.8 Å². The fraction of sp³-hybridized carbons (Fsp3) is 0.0938. The number of thiazole rings is 1. The Balaban J connectivity index is 1.20. The summed E-state index contributed by atoms with van der Waals surface area (Å²) < 4.78 is 25.8. The van der Waals surface area contributed by atoms with Gasteiger partial charge in [0.1, 0.15) is 12.4 Å². The average Bonchev–Trinajstić information content (AvgIpc) is 3.47. The van der Waals surface area contributed by atoms with Crippen LogP contribution in [0.3, 0.4) is 0 Å². The highest BCUT2D eigenvalue weighted by molar-refractivity contribution is 14.1. The highest BCUT2D eigenvalue weighted by atomic mass is 127. The van der Waals surface area contributed by atoms with Gasteiger partial charge in [0, 0.05) is 22.2 Å². The number of halogens is 2. The molecule has 0 saturated heterocycles. The van der Waals surface area contributed by atoms with Gasteiger partial charge in [0.25, 0.3) is 5.91 Å². The number of anilines is 2. The Labute approximate surface area is 260 Å². The van der Waals surface area contributed by atoms with Gasteiger partial charge in [0.15, 0.2) is 16.6 Å². The average molecular weight is 693 g/mol. The number of amides is 1. The number of ether oxygens (including phenoxy) is 2. The molecule has 0 saturated carbocycles. The molecule has 0 aliphatic carbocycles. The molecule has 1 aromatic heterocycles. The van der Waals surface area contributed by atoms with E-state index in [1.165, 1.54) is 23.5 Å². The lowest BCUT2D eigenvalue weighted by atomic mass is 10.1. The van der Waals surface area contributed by atoms with Crippen LogP contribution >= 0.6 is 33.9 Å². The summed E-state index contributed by atoms with van der Waals surface area (Å²) in [5.74, 6) is 0.518. The number of hydrazone groups is 1. The quantitative estimate of drug-likeness (QED) is 0.0832. The maximum atomic E-state index is 13.2. The van der Waals surface area contributed by atoms with Crippen molar-refractivity contribution in [3.8, 4) is 22.8 Å². The molecule has 0 bridgehead atoms. The lowest BCUT2D eigenvalue weighted by molar-refractivity contribution is 0.0955. The number of hydrogen-bond donors (Lipinski definition) is 2. The Hall–Kier alpha value is -4.29. The zero-order chi connectivity index (χ0) is 29.3. The van der Waals surface area contributed by atoms with Gasteiger partial charge in [-0.05, 0) is 89.2 Å². The number of aromatic nitrogens is 1. The molecule has 4 aromatic carbocycles. The smallest absolute Gasteiger partial charge is 0.271 e. The molecule has 10 heteroatoms. The second kappa shape index (κ2) is 14.1. The summed E-state index contributed by atoms with van der Waals surface area (Å²) in [5, 5.41) is 10.2. The second-order valence-electron chi connectivity index (χ2n) is 8.98. The minimum absolute atomic E-state index is 0.271. The van der Waals surface area contributed by atoms with Crippen molar-refractivity contribution in [2.45, 2.75) is 13.5 Å². The summed E-state index contributed by atoms with van der Waals surface area (Å²) in [6, 6.07) is 26.9. The molecule has 7 nitrogen and oxygen atoms in total. The minimum atomic E-state index is -0.332. The van der Waals surface area contributed by atoms with Gasteiger partial charge in [-0.25, -0.2) is 14.8 Å². The molecular formula is C32H26FIN4O3S. The third-order valence-electron chi connectivity index (χ3n) is 5.98. The van der Waals surface area contributed by atoms with Gasteiger partial charge in [-0.2, -0.15) is 5.10 Å². The van der Waals surface area contributed by atoms with Gasteiger partial charge in [-0.15, -0.1) is 11.3 Å². The first-order chi connectivity index (χ1) is 20.5. The molecular weight excluding hydrogens is 666 g/mol. The summed E-state index contributed by atoms with van der Waals surface area (Å²) in [6.07, 6.45) is 1.55. The van der Waals surface area contributed by atoms with Crippen LogP contribution in [0.25, 0.3) is 11.3 Å². The number of hydrogen-bond acceptors (Lipinski definition) is 7. The van der Waals surface area contributed by atoms with Crippen molar-refractivity contribution in [3.05, 3.63) is 122 Å². The van der Waals surface area contributed by atoms with Crippen LogP contribution < -0.4 is 20.2 Å². The third-order valence-corrected chi connectivity index (χ3v) is 7.54. The fourth-order valence-corrected chi connectivity index (χ4v) is 5.45. The summed E-state index contributed by atoms with van der Waals surface area (Å²) in [6.45, 7) is 2.60. The van der Waals surface area contributed by atoms with E-state index in [-0.39, 0.29) is 18.3 Å². The number of para-hydroxylation sites is 1. The van der Waals surface area contributed by atoms with Gasteiger partial charge in [0.05, 0.1) is 22.1 Å². The largest absolute Gasteiger partial charge is 0.490 e. The standard InChI is InChI=1S/C32H26FIN4O3S/c1-2-40-29-17-22(16-27(34)30(29)41-19-21-8-14-25(33)15-9-21)18-35-38-31(39)24-12-10-23(11-13-24)28-20-42-32(37-28)36-26-6-4-3-5-7-26/h3-18,20H,2,19H2,1H3,(H,36,37)(H,38,39)/b35-18-. The Bertz CT molecular complexity index is 1680. The van der Waals surface area contributed by atoms with Crippen molar-refractivity contribution in [3.63, 3.8) is 0 Å². The maximum Gasteiger partial charge on any atom is 0.271 e. The Morgan fingerprint density at radius 1 is 1.02 bits per heavy atom. The molecule has 0 fully saturated rings. The van der Waals surface area contributed by atoms with E-state index in [4.69, 9.17) is 9.47 Å². The maximum absolute atomic E-state index is 13.2. The summed E-state index contributed by atoms with van der Waals surface area (Å²) in [4.78, 5) is 17.4. The van der Waals surface area contributed by atoms with Crippen LogP contribution in [0, 0.1) is 9.39 Å². The highest BCUT2D eigenvalue weighted by Gasteiger charge is 2.13. The SMILES string of the molecule is CCOc1cc(/C=N\NC(=O)c2ccc(-c3csc(Nc4ccccc4)n3)cc2)cc(I)c1OCc1ccc(F)cc1. The zero-order valence-corrected chi connectivity index (χ0v) is 25.5. The van der Waals surface area contributed by atoms with E-state index in [2.05, 4.69) is 43.4 Å². The van der Waals surface area contributed by atoms with Gasteiger partial charge in [0.2, 0.25) is 0 Å². The predicted octanol–water partition coefficient (Wildman–Crippen LogP) is 8.04. The van der Waals surface area contributed by atoms with Crippen molar-refractivity contribution >= 4 is 56.9 Å². The van der Waals surface area contributed by atoms with Gasteiger partial charge < -0.3 is 14.8 Å². The van der Waals surface area contributed by atoms with Crippen LogP contribution in [0.4, 0.5) is 15.2 Å². The summed E-state index contributed by atoms with van der Waals surface area (Å²) in [5.41, 5.74) is 7.33. The first-order valence-electron chi connectivity index (χ1n) is 13.0. The molecule has 0 atom stereocenters. The Morgan fingerprint density at radius 3 is 2.52 bits per heavy atom. The first kappa shape index (κ1) is 29.2. The molecule has 2 N–H and O–H groups in total. The van der Waals surface area contributed by atoms with E-state index < -0.39 is 0 Å². The lowest BCUT2D eigenvalue weighted by Crippen LogP contribution is -2.17. The number of carbonyl (C=O) groups is 1. The highest BCUT2D eigenvalue weighted by Crippen LogP contribution is 2.34. The second-order valence-corrected chi connectivity index (χ2v) is 11.0. The van der Waals surface area contributed by atoms with Crippen molar-refractivity contribution in [1.29, 1.82) is 0 Å². The summed E-state index contributed by atoms with van der Waals surface area (Å²) in [7, 11) is 0. The van der Waals surface area contributed by atoms with Crippen molar-refractivity contribution in [2.75, 3.05) is 11.9 Å². The number of nitrogens with one attached hydrogen (secondary N) is 2. The van der Waals surface area contributed by atoms with Crippen LogP contribution in [0.15, 0.2) is 101 Å². The fourth-order valence-electron chi connectivity index (χ4n) is 3.93. The lowest BCUT2D eigenvalue weighted by Gasteiger charge is -2.14. The van der Waals surface area contributed by atoms with Crippen molar-refractivity contribution < 1.29 is 18.7 Å². The molecule has 0 aliphatic heterocycles. The van der Waals surface area contributed by atoms with Crippen LogP contribution in [-0.2, 0) is 6.61 Å². The third kappa shape index (κ3) is 7.71. The molecule has 1 heterocycles. The van der Waals surface area contributed by atoms with Crippen molar-refractivity contribution in [1.82, 2.24) is 10.4 Å². The molecule has 0 spiro atoms. The monoisotopic (exact) mass is 692 g/mol.